The number of hydrogen-bond acceptors (Lipinski definition) is 0. The fourth-order valence-electron chi connectivity index (χ4n) is 14.8. The number of benzene rings is 14. The van der Waals surface area contributed by atoms with E-state index in [2.05, 4.69) is 235 Å². The lowest BCUT2D eigenvalue weighted by Crippen LogP contribution is -2.60. The van der Waals surface area contributed by atoms with Crippen LogP contribution in [0.3, 0.4) is 0 Å². The Kier molecular flexibility index (Phi) is 7.06. The van der Waals surface area contributed by atoms with Crippen LogP contribution in [0.15, 0.2) is 206 Å². The summed E-state index contributed by atoms with van der Waals surface area (Å²) in [5.74, 6) is 0. The van der Waals surface area contributed by atoms with Crippen LogP contribution in [0.25, 0.3) is 152 Å². The fourth-order valence-corrected chi connectivity index (χ4v) is 16.0. The Morgan fingerprint density at radius 2 is 0.699 bits per heavy atom. The van der Waals surface area contributed by atoms with Crippen molar-refractivity contribution in [3.05, 3.63) is 206 Å². The molecule has 0 saturated carbocycles. The molecular weight excluding hydrogens is 896 g/mol. The predicted molar refractivity (Wildman–Crippen MR) is 320 cm³/mol. The van der Waals surface area contributed by atoms with Gasteiger partial charge in [-0.15, -0.1) is 0 Å². The highest BCUT2D eigenvalue weighted by atomic mass is 28.3. The third kappa shape index (κ3) is 4.60. The topological polar surface area (TPSA) is 9.86 Å². The summed E-state index contributed by atoms with van der Waals surface area (Å²) in [6, 6.07) is 79.7. The molecule has 14 aromatic carbocycles. The highest BCUT2D eigenvalue weighted by Gasteiger charge is 2.43. The van der Waals surface area contributed by atoms with Gasteiger partial charge in [-0.2, -0.15) is 0 Å². The normalized spacial score (nSPS) is 13.4. The van der Waals surface area contributed by atoms with Gasteiger partial charge < -0.3 is 9.13 Å². The van der Waals surface area contributed by atoms with Crippen LogP contribution in [0.5, 0.6) is 0 Å². The lowest BCUT2D eigenvalue weighted by molar-refractivity contribution is 1.15. The molecule has 0 fully saturated rings. The minimum Gasteiger partial charge on any atom is -0.310 e. The van der Waals surface area contributed by atoms with Gasteiger partial charge in [0, 0.05) is 54.6 Å². The van der Waals surface area contributed by atoms with E-state index in [0.717, 1.165) is 0 Å². The smallest absolute Gasteiger partial charge is 0.252 e. The van der Waals surface area contributed by atoms with Crippen LogP contribution < -0.4 is 21.6 Å². The lowest BCUT2D eigenvalue weighted by atomic mass is 9.34. The van der Waals surface area contributed by atoms with Crippen molar-refractivity contribution in [3.63, 3.8) is 0 Å². The average Bonchev–Trinajstić information content (AvgIpc) is 3.98. The zero-order chi connectivity index (χ0) is 47.7. The maximum atomic E-state index is 2.72. The summed E-state index contributed by atoms with van der Waals surface area (Å²) in [5, 5.41) is 30.5. The largest absolute Gasteiger partial charge is 0.310 e. The predicted octanol–water partition coefficient (Wildman–Crippen LogP) is 15.9. The van der Waals surface area contributed by atoms with E-state index >= 15 is 0 Å². The number of nitrogens with zero attached hydrogens (tertiary/aromatic N) is 2. The molecule has 16 aromatic rings. The summed E-state index contributed by atoms with van der Waals surface area (Å²) in [6.07, 6.45) is 0. The van der Waals surface area contributed by atoms with Crippen molar-refractivity contribution in [1.29, 1.82) is 0 Å². The van der Waals surface area contributed by atoms with Crippen molar-refractivity contribution in [1.82, 2.24) is 9.13 Å². The highest BCUT2D eigenvalue weighted by molar-refractivity contribution is 7.01. The van der Waals surface area contributed by atoms with Crippen LogP contribution in [0.4, 0.5) is 0 Å². The van der Waals surface area contributed by atoms with Gasteiger partial charge in [0.05, 0.1) is 24.6 Å². The van der Waals surface area contributed by atoms with E-state index < -0.39 is 8.07 Å². The summed E-state index contributed by atoms with van der Waals surface area (Å²) >= 11 is 0. The molecule has 2 nitrogen and oxygen atoms in total. The van der Waals surface area contributed by atoms with Gasteiger partial charge in [-0.25, -0.2) is 0 Å². The van der Waals surface area contributed by atoms with Crippen LogP contribution in [0.2, 0.25) is 19.6 Å². The SMILES string of the molecule is C[Si](C)(C)c1cc2c3c(c1)c1ccc4c5ccccc5c5ccccc5c4c1n3-c1cccc3c1B2c1cc2c4ccccc4c4ccccc4c2c2c4c5c6ccccc6c6ccccc6c5ccc4n-3c12. The first-order valence-electron chi connectivity index (χ1n) is 26.0. The average molecular weight is 939 g/mol. The monoisotopic (exact) mass is 938 g/mol. The summed E-state index contributed by atoms with van der Waals surface area (Å²) in [5.41, 5.74) is 12.0. The molecule has 0 radical (unpaired) electrons. The zero-order valence-electron chi connectivity index (χ0n) is 40.6. The molecule has 0 spiro atoms. The summed E-state index contributed by atoms with van der Waals surface area (Å²) in [6.45, 7) is 7.57. The molecule has 2 aliphatic rings. The molecule has 0 aliphatic carbocycles. The van der Waals surface area contributed by atoms with Gasteiger partial charge in [0.15, 0.2) is 0 Å². The lowest BCUT2D eigenvalue weighted by Gasteiger charge is -2.34. The molecule has 0 N–H and O–H groups in total. The van der Waals surface area contributed by atoms with Crippen molar-refractivity contribution in [2.24, 2.45) is 0 Å². The molecule has 4 heterocycles. The van der Waals surface area contributed by atoms with Crippen LogP contribution in [-0.2, 0) is 0 Å². The van der Waals surface area contributed by atoms with E-state index in [1.165, 1.54) is 174 Å². The van der Waals surface area contributed by atoms with Crippen molar-refractivity contribution in [2.45, 2.75) is 19.6 Å². The van der Waals surface area contributed by atoms with Crippen molar-refractivity contribution < 1.29 is 0 Å². The highest BCUT2D eigenvalue weighted by Crippen LogP contribution is 2.50. The van der Waals surface area contributed by atoms with Crippen LogP contribution in [0, 0.1) is 0 Å². The Morgan fingerprint density at radius 3 is 1.25 bits per heavy atom. The van der Waals surface area contributed by atoms with E-state index in [1.54, 1.807) is 0 Å². The Hall–Kier alpha value is -8.70. The van der Waals surface area contributed by atoms with E-state index in [1.807, 2.05) is 0 Å². The second-order valence-electron chi connectivity index (χ2n) is 22.2. The molecule has 2 aromatic heterocycles. The first kappa shape index (κ1) is 39.0. The molecule has 0 bridgehead atoms. The van der Waals surface area contributed by atoms with Crippen LogP contribution >= 0.6 is 0 Å². The Balaban J connectivity index is 1.12. The molecule has 336 valence electrons. The summed E-state index contributed by atoms with van der Waals surface area (Å²) < 4.78 is 5.43. The summed E-state index contributed by atoms with van der Waals surface area (Å²) in [7, 11) is -1.88. The van der Waals surface area contributed by atoms with Gasteiger partial charge in [-0.1, -0.05) is 213 Å². The van der Waals surface area contributed by atoms with E-state index in [-0.39, 0.29) is 6.71 Å². The quantitative estimate of drug-likeness (QED) is 0.115. The molecular formula is C69H43BN2Si. The number of rotatable bonds is 1. The molecule has 0 atom stereocenters. The molecule has 4 heteroatoms. The molecule has 0 amide bonds. The minimum atomic E-state index is -1.88. The van der Waals surface area contributed by atoms with E-state index in [9.17, 15) is 0 Å². The van der Waals surface area contributed by atoms with Crippen LogP contribution in [0.1, 0.15) is 0 Å². The standard InChI is InChI=1S/C69H43BN2Si/c1-73(2,3)38-35-55-53-32-31-52-46-24-8-5-18-40(46)44-22-12-15-28-50(44)63(52)68(53)72-60-30-16-29-59-66(60)70(56(36-38)67(55)72)57-37-54-47-25-9-6-19-41(47)43-21-11-14-27-49(43)62(54)65-64-58(71(59)69(57)65)34-33-51-45-23-7-4-17-39(45)42-20-10-13-26-48(42)61(51)64/h4-37H,1-3H3. The van der Waals surface area contributed by atoms with Gasteiger partial charge >= 0.3 is 0 Å². The maximum Gasteiger partial charge on any atom is 0.252 e. The Bertz CT molecular complexity index is 5250. The van der Waals surface area contributed by atoms with Crippen LogP contribution in [-0.4, -0.2) is 23.9 Å². The Labute approximate surface area is 421 Å². The molecule has 0 saturated heterocycles. The summed E-state index contributed by atoms with van der Waals surface area (Å²) in [4.78, 5) is 0. The Morgan fingerprint density at radius 1 is 0.288 bits per heavy atom. The van der Waals surface area contributed by atoms with Crippen molar-refractivity contribution in [2.75, 3.05) is 0 Å². The zero-order valence-corrected chi connectivity index (χ0v) is 41.6. The third-order valence-electron chi connectivity index (χ3n) is 17.7. The van der Waals surface area contributed by atoms with Gasteiger partial charge in [-0.05, 0) is 115 Å². The van der Waals surface area contributed by atoms with Crippen molar-refractivity contribution >= 4 is 177 Å². The fraction of sp³-hybridized carbons (Fsp3) is 0.0435. The first-order valence-corrected chi connectivity index (χ1v) is 29.5. The number of aromatic nitrogens is 2. The van der Waals surface area contributed by atoms with Crippen molar-refractivity contribution in [3.8, 4) is 11.4 Å². The molecule has 2 aliphatic heterocycles. The van der Waals surface area contributed by atoms with Gasteiger partial charge in [-0.3, -0.25) is 0 Å². The van der Waals surface area contributed by atoms with E-state index in [0.29, 0.717) is 0 Å². The number of fused-ring (bicyclic) bond motifs is 31. The third-order valence-corrected chi connectivity index (χ3v) is 19.7. The molecule has 73 heavy (non-hydrogen) atoms. The first-order chi connectivity index (χ1) is 35.9. The second kappa shape index (κ2) is 13.2. The number of hydrogen-bond donors (Lipinski definition) is 0. The maximum absolute atomic E-state index is 2.72. The van der Waals surface area contributed by atoms with Gasteiger partial charge in [0.1, 0.15) is 0 Å². The van der Waals surface area contributed by atoms with Gasteiger partial charge in [0.2, 0.25) is 0 Å². The second-order valence-corrected chi connectivity index (χ2v) is 27.3. The minimum absolute atomic E-state index is 0.0107. The molecule has 0 unspecified atom stereocenters. The van der Waals surface area contributed by atoms with Gasteiger partial charge in [0.25, 0.3) is 6.71 Å². The van der Waals surface area contributed by atoms with E-state index in [4.69, 9.17) is 0 Å². The molecule has 18 rings (SSSR count).